The quantitative estimate of drug-likeness (QED) is 0.116. The molecule has 2 aliphatic heterocycles. The zero-order chi connectivity index (χ0) is 41.6. The molecular weight excluding hydrogens is 757 g/mol. The van der Waals surface area contributed by atoms with Gasteiger partial charge >= 0.3 is 6.09 Å². The molecule has 4 aliphatic carbocycles. The number of likely N-dealkylation sites (tertiary alicyclic amines) is 2. The van der Waals surface area contributed by atoms with Crippen molar-refractivity contribution in [1.29, 1.82) is 0 Å². The lowest BCUT2D eigenvalue weighted by molar-refractivity contribution is -0.138. The highest BCUT2D eigenvalue weighted by atomic mass is 16.5. The molecule has 2 aromatic heterocycles. The fourth-order valence-electron chi connectivity index (χ4n) is 10.7. The summed E-state index contributed by atoms with van der Waals surface area (Å²) in [6.07, 6.45) is 15.0. The number of imidazole rings is 2. The van der Waals surface area contributed by atoms with Crippen LogP contribution in [0, 0.1) is 11.8 Å². The number of aromatic amines is 2. The zero-order valence-electron chi connectivity index (χ0n) is 35.0. The lowest BCUT2D eigenvalue weighted by Gasteiger charge is -2.53. The van der Waals surface area contributed by atoms with Crippen molar-refractivity contribution < 1.29 is 23.9 Å². The van der Waals surface area contributed by atoms with Crippen LogP contribution in [-0.4, -0.2) is 79.8 Å². The van der Waals surface area contributed by atoms with E-state index in [1.165, 1.54) is 18.4 Å². The standard InChI is InChI=1S/C47H58N8O5/c1-29(2)38(53-45(59)60-3)43(57)54-25-7-11-35(54)40-48-27-34(50-40)30-15-17-33(18-16-30)46-19-22-47(23-20-46,24-21-46)37-28-49-41(51-37)36-12-8-26-55(36)44(58)39(31-9-5-4-6-10-31)52-42(56)32-13-14-32/h4-6,9-10,15-18,27-29,32,35-36,38-39H,7-8,11-14,19-26H2,1-3H3,(H,48,50)(H,49,51)(H,52,56)(H,53,59)/t35-,36-,38-,39+,46?,47?/m0/s1. The second-order valence-corrected chi connectivity index (χ2v) is 18.4. The van der Waals surface area contributed by atoms with Gasteiger partial charge in [0.1, 0.15) is 23.7 Å². The maximum Gasteiger partial charge on any atom is 0.407 e. The van der Waals surface area contributed by atoms with E-state index < -0.39 is 18.2 Å². The van der Waals surface area contributed by atoms with Crippen molar-refractivity contribution in [2.75, 3.05) is 20.2 Å². The monoisotopic (exact) mass is 814 g/mol. The maximum absolute atomic E-state index is 14.2. The third kappa shape index (κ3) is 7.49. The van der Waals surface area contributed by atoms with E-state index in [4.69, 9.17) is 14.7 Å². The molecule has 0 radical (unpaired) electrons. The summed E-state index contributed by atoms with van der Waals surface area (Å²) in [5.74, 6) is 1.33. The van der Waals surface area contributed by atoms with Gasteiger partial charge in [0, 0.05) is 36.3 Å². The van der Waals surface area contributed by atoms with Crippen molar-refractivity contribution in [2.24, 2.45) is 11.8 Å². The van der Waals surface area contributed by atoms with E-state index in [9.17, 15) is 19.2 Å². The Bertz CT molecular complexity index is 2190. The number of aromatic nitrogens is 4. The Morgan fingerprint density at radius 3 is 1.95 bits per heavy atom. The van der Waals surface area contributed by atoms with E-state index in [-0.39, 0.29) is 52.5 Å². The van der Waals surface area contributed by atoms with Crippen molar-refractivity contribution in [3.63, 3.8) is 0 Å². The van der Waals surface area contributed by atoms with Crippen molar-refractivity contribution in [3.8, 4) is 11.3 Å². The minimum atomic E-state index is -0.703. The van der Waals surface area contributed by atoms with Crippen LogP contribution >= 0.6 is 0 Å². The molecule has 4 atom stereocenters. The van der Waals surface area contributed by atoms with Crippen LogP contribution in [0.1, 0.15) is 137 Å². The first-order valence-electron chi connectivity index (χ1n) is 22.1. The van der Waals surface area contributed by atoms with Gasteiger partial charge in [-0.25, -0.2) is 14.8 Å². The van der Waals surface area contributed by atoms with Gasteiger partial charge in [-0.1, -0.05) is 68.4 Å². The molecule has 4 aromatic rings. The molecule has 10 rings (SSSR count). The number of fused-ring (bicyclic) bond motifs is 3. The second-order valence-electron chi connectivity index (χ2n) is 18.4. The molecule has 13 heteroatoms. The highest BCUT2D eigenvalue weighted by Crippen LogP contribution is 2.58. The fourth-order valence-corrected chi connectivity index (χ4v) is 10.7. The van der Waals surface area contributed by atoms with Gasteiger partial charge in [0.2, 0.25) is 17.7 Å². The number of benzene rings is 2. The van der Waals surface area contributed by atoms with Gasteiger partial charge in [-0.15, -0.1) is 0 Å². The minimum absolute atomic E-state index is 0.0171. The third-order valence-electron chi connectivity index (χ3n) is 14.5. The number of rotatable bonds is 12. The fraction of sp³-hybridized carbons (Fsp3) is 0.532. The van der Waals surface area contributed by atoms with Crippen molar-refractivity contribution >= 4 is 23.8 Å². The largest absolute Gasteiger partial charge is 0.453 e. The Morgan fingerprint density at radius 1 is 0.733 bits per heavy atom. The van der Waals surface area contributed by atoms with Gasteiger partial charge in [-0.3, -0.25) is 14.4 Å². The summed E-state index contributed by atoms with van der Waals surface area (Å²) in [5, 5.41) is 5.81. The molecule has 4 heterocycles. The van der Waals surface area contributed by atoms with Gasteiger partial charge in [0.05, 0.1) is 31.1 Å². The molecule has 6 aliphatic rings. The van der Waals surface area contributed by atoms with Crippen molar-refractivity contribution in [2.45, 2.75) is 126 Å². The Kier molecular flexibility index (Phi) is 10.8. The lowest BCUT2D eigenvalue weighted by atomic mass is 9.51. The average molecular weight is 815 g/mol. The molecule has 4 saturated carbocycles. The maximum atomic E-state index is 14.2. The topological polar surface area (TPSA) is 165 Å². The molecular formula is C47H58N8O5. The predicted molar refractivity (Wildman–Crippen MR) is 225 cm³/mol. The number of H-pyrrole nitrogens is 2. The van der Waals surface area contributed by atoms with Gasteiger partial charge in [0.15, 0.2) is 0 Å². The second kappa shape index (κ2) is 16.2. The van der Waals surface area contributed by atoms with Crippen LogP contribution in [-0.2, 0) is 30.0 Å². The molecule has 4 amide bonds. The summed E-state index contributed by atoms with van der Waals surface area (Å²) in [6, 6.07) is 16.9. The summed E-state index contributed by atoms with van der Waals surface area (Å²) in [7, 11) is 1.30. The average Bonchev–Trinajstić information content (AvgIpc) is 3.74. The molecule has 60 heavy (non-hydrogen) atoms. The van der Waals surface area contributed by atoms with Crippen molar-refractivity contribution in [1.82, 2.24) is 40.4 Å². The van der Waals surface area contributed by atoms with Gasteiger partial charge < -0.3 is 35.1 Å². The van der Waals surface area contributed by atoms with E-state index in [1.807, 2.05) is 66.4 Å². The smallest absolute Gasteiger partial charge is 0.407 e. The number of carbonyl (C=O) groups is 4. The first-order valence-corrected chi connectivity index (χ1v) is 22.1. The zero-order valence-corrected chi connectivity index (χ0v) is 35.0. The first-order chi connectivity index (χ1) is 29.1. The molecule has 4 N–H and O–H groups in total. The number of nitrogens with zero attached hydrogens (tertiary/aromatic N) is 4. The van der Waals surface area contributed by atoms with E-state index in [2.05, 4.69) is 44.9 Å². The number of hydrogen-bond donors (Lipinski definition) is 4. The Labute approximate surface area is 351 Å². The highest BCUT2D eigenvalue weighted by Gasteiger charge is 2.51. The lowest BCUT2D eigenvalue weighted by Crippen LogP contribution is -2.51. The normalized spacial score (nSPS) is 25.9. The Balaban J connectivity index is 0.847. The molecule has 2 aromatic carbocycles. The Morgan fingerprint density at radius 2 is 1.33 bits per heavy atom. The number of hydrogen-bond acceptors (Lipinski definition) is 7. The van der Waals surface area contributed by atoms with E-state index in [1.54, 1.807) is 0 Å². The first kappa shape index (κ1) is 40.0. The van der Waals surface area contributed by atoms with Crippen LogP contribution in [0.15, 0.2) is 67.0 Å². The number of carbonyl (C=O) groups excluding carboxylic acids is 4. The van der Waals surface area contributed by atoms with Crippen LogP contribution < -0.4 is 10.6 Å². The molecule has 316 valence electrons. The molecule has 2 bridgehead atoms. The SMILES string of the molecule is COC(=O)N[C@H](C(=O)N1CCC[C@H]1c1ncc(-c2ccc(C34CCC(c5cnc([C@@H]6CCCN6C(=O)[C@H](NC(=O)C6CC6)c6ccccc6)[nH]5)(CC3)CC4)cc2)[nH]1)C(C)C. The highest BCUT2D eigenvalue weighted by molar-refractivity contribution is 5.90. The summed E-state index contributed by atoms with van der Waals surface area (Å²) < 4.78 is 4.79. The van der Waals surface area contributed by atoms with Gasteiger partial charge in [-0.2, -0.15) is 0 Å². The molecule has 2 saturated heterocycles. The molecule has 0 unspecified atom stereocenters. The van der Waals surface area contributed by atoms with Crippen LogP contribution in [0.4, 0.5) is 4.79 Å². The van der Waals surface area contributed by atoms with Gasteiger partial charge in [-0.05, 0) is 105 Å². The van der Waals surface area contributed by atoms with Crippen LogP contribution in [0.3, 0.4) is 0 Å². The number of ether oxygens (including phenoxy) is 1. The minimum Gasteiger partial charge on any atom is -0.453 e. The van der Waals surface area contributed by atoms with Crippen molar-refractivity contribution in [3.05, 3.63) is 95.5 Å². The van der Waals surface area contributed by atoms with E-state index in [0.29, 0.717) is 13.1 Å². The predicted octanol–water partition coefficient (Wildman–Crippen LogP) is 7.32. The number of amides is 4. The van der Waals surface area contributed by atoms with Crippen LogP contribution in [0.5, 0.6) is 0 Å². The number of methoxy groups -OCH3 is 1. The summed E-state index contributed by atoms with van der Waals surface area (Å²) in [4.78, 5) is 73.5. The van der Waals surface area contributed by atoms with E-state index >= 15 is 0 Å². The third-order valence-corrected chi connectivity index (χ3v) is 14.5. The summed E-state index contributed by atoms with van der Waals surface area (Å²) >= 11 is 0. The van der Waals surface area contributed by atoms with Gasteiger partial charge in [0.25, 0.3) is 0 Å². The summed E-state index contributed by atoms with van der Waals surface area (Å²) in [5.41, 5.74) is 5.57. The molecule has 6 fully saturated rings. The number of nitrogens with one attached hydrogen (secondary N) is 4. The van der Waals surface area contributed by atoms with Crippen LogP contribution in [0.25, 0.3) is 11.3 Å². The Hall–Kier alpha value is -5.46. The molecule has 13 nitrogen and oxygen atoms in total. The van der Waals surface area contributed by atoms with Crippen LogP contribution in [0.2, 0.25) is 0 Å². The summed E-state index contributed by atoms with van der Waals surface area (Å²) in [6.45, 7) is 5.10. The van der Waals surface area contributed by atoms with E-state index in [0.717, 1.165) is 106 Å². The molecule has 0 spiro atoms. The number of alkyl carbamates (subject to hydrolysis) is 1.